The SMILES string of the molecule is O=C(NCc1ccccc1-n1cncn1)c1cccc(Cn2cccn2)c1. The van der Waals surface area contributed by atoms with E-state index in [9.17, 15) is 4.79 Å². The van der Waals surface area contributed by atoms with Gasteiger partial charge in [-0.3, -0.25) is 9.48 Å². The topological polar surface area (TPSA) is 77.6 Å². The molecule has 4 rings (SSSR count). The van der Waals surface area contributed by atoms with Crippen LogP contribution in [0.3, 0.4) is 0 Å². The van der Waals surface area contributed by atoms with Gasteiger partial charge in [-0.2, -0.15) is 10.2 Å². The maximum Gasteiger partial charge on any atom is 0.251 e. The molecule has 27 heavy (non-hydrogen) atoms. The van der Waals surface area contributed by atoms with Crippen molar-refractivity contribution in [3.05, 3.63) is 96.3 Å². The Morgan fingerprint density at radius 3 is 2.78 bits per heavy atom. The van der Waals surface area contributed by atoms with Gasteiger partial charge in [0, 0.05) is 24.5 Å². The molecule has 0 bridgehead atoms. The van der Waals surface area contributed by atoms with Crippen molar-refractivity contribution in [1.29, 1.82) is 0 Å². The molecule has 0 saturated carbocycles. The van der Waals surface area contributed by atoms with Crippen LogP contribution in [0, 0.1) is 0 Å². The molecular formula is C20H18N6O. The van der Waals surface area contributed by atoms with Gasteiger partial charge in [0.2, 0.25) is 0 Å². The van der Waals surface area contributed by atoms with Gasteiger partial charge in [0.15, 0.2) is 0 Å². The Morgan fingerprint density at radius 1 is 1.04 bits per heavy atom. The van der Waals surface area contributed by atoms with Crippen molar-refractivity contribution in [3.63, 3.8) is 0 Å². The largest absolute Gasteiger partial charge is 0.348 e. The number of hydrogen-bond donors (Lipinski definition) is 1. The molecule has 0 spiro atoms. The summed E-state index contributed by atoms with van der Waals surface area (Å²) in [6.45, 7) is 1.03. The molecule has 0 fully saturated rings. The second kappa shape index (κ2) is 7.65. The fourth-order valence-electron chi connectivity index (χ4n) is 2.89. The Labute approximate surface area is 156 Å². The molecule has 4 aromatic rings. The summed E-state index contributed by atoms with van der Waals surface area (Å²) in [4.78, 5) is 16.6. The first-order valence-corrected chi connectivity index (χ1v) is 8.57. The number of rotatable bonds is 6. The van der Waals surface area contributed by atoms with Crippen molar-refractivity contribution in [2.24, 2.45) is 0 Å². The number of carbonyl (C=O) groups is 1. The molecule has 0 unspecified atom stereocenters. The summed E-state index contributed by atoms with van der Waals surface area (Å²) in [5.41, 5.74) is 3.50. The summed E-state index contributed by atoms with van der Waals surface area (Å²) in [6, 6.07) is 17.2. The summed E-state index contributed by atoms with van der Waals surface area (Å²) in [5, 5.41) is 11.3. The summed E-state index contributed by atoms with van der Waals surface area (Å²) < 4.78 is 3.51. The maximum absolute atomic E-state index is 12.6. The highest BCUT2D eigenvalue weighted by Crippen LogP contribution is 2.13. The van der Waals surface area contributed by atoms with Gasteiger partial charge in [0.25, 0.3) is 5.91 Å². The minimum atomic E-state index is -0.120. The molecule has 0 radical (unpaired) electrons. The normalized spacial score (nSPS) is 10.7. The molecule has 0 aliphatic heterocycles. The van der Waals surface area contributed by atoms with E-state index in [2.05, 4.69) is 20.5 Å². The molecule has 1 amide bonds. The molecule has 0 saturated heterocycles. The molecule has 2 aromatic heterocycles. The number of aromatic nitrogens is 5. The van der Waals surface area contributed by atoms with E-state index in [1.165, 1.54) is 6.33 Å². The van der Waals surface area contributed by atoms with E-state index in [4.69, 9.17) is 0 Å². The fourth-order valence-corrected chi connectivity index (χ4v) is 2.89. The second-order valence-electron chi connectivity index (χ2n) is 6.06. The number of nitrogens with zero attached hydrogens (tertiary/aromatic N) is 5. The monoisotopic (exact) mass is 358 g/mol. The summed E-state index contributed by atoms with van der Waals surface area (Å²) in [5.74, 6) is -0.120. The lowest BCUT2D eigenvalue weighted by Crippen LogP contribution is -2.23. The number of benzene rings is 2. The average Bonchev–Trinajstić information content (AvgIpc) is 3.41. The van der Waals surface area contributed by atoms with Crippen LogP contribution in [-0.2, 0) is 13.1 Å². The average molecular weight is 358 g/mol. The Hall–Kier alpha value is -3.74. The van der Waals surface area contributed by atoms with Gasteiger partial charge in [-0.15, -0.1) is 0 Å². The van der Waals surface area contributed by atoms with Gasteiger partial charge in [-0.1, -0.05) is 30.3 Å². The number of nitrogens with one attached hydrogen (secondary N) is 1. The van der Waals surface area contributed by atoms with E-state index in [-0.39, 0.29) is 5.91 Å². The zero-order valence-electron chi connectivity index (χ0n) is 14.6. The standard InChI is InChI=1S/C20H18N6O/c27-20(17-7-3-5-16(11-17)13-25-10-4-9-23-25)22-12-18-6-1-2-8-19(18)26-15-21-14-24-26/h1-11,14-15H,12-13H2,(H,22,27). The summed E-state index contributed by atoms with van der Waals surface area (Å²) in [6.07, 6.45) is 6.76. The van der Waals surface area contributed by atoms with Crippen LogP contribution in [0.25, 0.3) is 5.69 Å². The predicted octanol–water partition coefficient (Wildman–Crippen LogP) is 2.44. The van der Waals surface area contributed by atoms with Crippen molar-refractivity contribution >= 4 is 5.91 Å². The third-order valence-corrected chi connectivity index (χ3v) is 4.19. The van der Waals surface area contributed by atoms with E-state index in [1.807, 2.05) is 65.5 Å². The number of carbonyl (C=O) groups excluding carboxylic acids is 1. The van der Waals surface area contributed by atoms with Crippen molar-refractivity contribution in [2.75, 3.05) is 0 Å². The van der Waals surface area contributed by atoms with E-state index in [0.29, 0.717) is 18.7 Å². The van der Waals surface area contributed by atoms with E-state index in [1.54, 1.807) is 17.2 Å². The first kappa shape index (κ1) is 16.7. The van der Waals surface area contributed by atoms with E-state index in [0.717, 1.165) is 16.8 Å². The Bertz CT molecular complexity index is 1020. The van der Waals surface area contributed by atoms with Crippen LogP contribution in [-0.4, -0.2) is 30.5 Å². The maximum atomic E-state index is 12.6. The molecule has 7 nitrogen and oxygen atoms in total. The lowest BCUT2D eigenvalue weighted by molar-refractivity contribution is 0.0951. The van der Waals surface area contributed by atoms with Gasteiger partial charge in [0.1, 0.15) is 12.7 Å². The van der Waals surface area contributed by atoms with Crippen molar-refractivity contribution < 1.29 is 4.79 Å². The molecule has 1 N–H and O–H groups in total. The zero-order chi connectivity index (χ0) is 18.5. The predicted molar refractivity (Wildman–Crippen MR) is 100 cm³/mol. The van der Waals surface area contributed by atoms with Gasteiger partial charge in [0.05, 0.1) is 12.2 Å². The fraction of sp³-hybridized carbons (Fsp3) is 0.100. The van der Waals surface area contributed by atoms with Crippen molar-refractivity contribution in [2.45, 2.75) is 13.1 Å². The van der Waals surface area contributed by atoms with E-state index < -0.39 is 0 Å². The molecule has 2 aromatic carbocycles. The smallest absolute Gasteiger partial charge is 0.251 e. The molecule has 134 valence electrons. The Kier molecular flexibility index (Phi) is 4.74. The number of hydrogen-bond acceptors (Lipinski definition) is 4. The number of amides is 1. The third-order valence-electron chi connectivity index (χ3n) is 4.19. The summed E-state index contributed by atoms with van der Waals surface area (Å²) >= 11 is 0. The molecule has 7 heteroatoms. The lowest BCUT2D eigenvalue weighted by atomic mass is 10.1. The molecule has 0 atom stereocenters. The van der Waals surface area contributed by atoms with Gasteiger partial charge in [-0.05, 0) is 35.4 Å². The minimum absolute atomic E-state index is 0.120. The van der Waals surface area contributed by atoms with Crippen LogP contribution in [0.15, 0.2) is 79.6 Å². The first-order chi connectivity index (χ1) is 13.3. The van der Waals surface area contributed by atoms with Gasteiger partial charge in [-0.25, -0.2) is 9.67 Å². The van der Waals surface area contributed by atoms with Crippen LogP contribution in [0.4, 0.5) is 0 Å². The van der Waals surface area contributed by atoms with Gasteiger partial charge < -0.3 is 5.32 Å². The van der Waals surface area contributed by atoms with E-state index >= 15 is 0 Å². The Balaban J connectivity index is 1.46. The third kappa shape index (κ3) is 3.92. The second-order valence-corrected chi connectivity index (χ2v) is 6.06. The quantitative estimate of drug-likeness (QED) is 0.574. The summed E-state index contributed by atoms with van der Waals surface area (Å²) in [7, 11) is 0. The molecule has 0 aliphatic carbocycles. The minimum Gasteiger partial charge on any atom is -0.348 e. The van der Waals surface area contributed by atoms with Crippen molar-refractivity contribution in [1.82, 2.24) is 29.9 Å². The molecular weight excluding hydrogens is 340 g/mol. The highest BCUT2D eigenvalue weighted by molar-refractivity contribution is 5.94. The van der Waals surface area contributed by atoms with Crippen LogP contribution in [0.1, 0.15) is 21.5 Å². The number of para-hydroxylation sites is 1. The van der Waals surface area contributed by atoms with Crippen LogP contribution in [0.2, 0.25) is 0 Å². The van der Waals surface area contributed by atoms with Crippen LogP contribution in [0.5, 0.6) is 0 Å². The molecule has 2 heterocycles. The lowest BCUT2D eigenvalue weighted by Gasteiger charge is -2.11. The van der Waals surface area contributed by atoms with Gasteiger partial charge >= 0.3 is 0 Å². The van der Waals surface area contributed by atoms with Crippen LogP contribution < -0.4 is 5.32 Å². The molecule has 0 aliphatic rings. The first-order valence-electron chi connectivity index (χ1n) is 8.57. The van der Waals surface area contributed by atoms with Crippen molar-refractivity contribution in [3.8, 4) is 5.69 Å². The highest BCUT2D eigenvalue weighted by atomic mass is 16.1. The Morgan fingerprint density at radius 2 is 1.96 bits per heavy atom. The van der Waals surface area contributed by atoms with Crippen LogP contribution >= 0.6 is 0 Å². The highest BCUT2D eigenvalue weighted by Gasteiger charge is 2.09. The zero-order valence-corrected chi connectivity index (χ0v) is 14.6.